The van der Waals surface area contributed by atoms with Gasteiger partial charge in [-0.05, 0) is 21.7 Å². The molecule has 1 aliphatic heterocycles. The van der Waals surface area contributed by atoms with Crippen LogP contribution in [0.3, 0.4) is 0 Å². The molecule has 0 nitrogen and oxygen atoms in total. The van der Waals surface area contributed by atoms with Crippen molar-refractivity contribution in [3.8, 4) is 0 Å². The molecule has 18 heavy (non-hydrogen) atoms. The smallest absolute Gasteiger partial charge is 0.0824 e. The van der Waals surface area contributed by atoms with Gasteiger partial charge in [-0.2, -0.15) is 0 Å². The maximum atomic E-state index is 2.63. The summed E-state index contributed by atoms with van der Waals surface area (Å²) < 4.78 is 0. The van der Waals surface area contributed by atoms with Crippen LogP contribution in [0, 0.1) is 21.7 Å². The molecule has 0 amide bonds. The van der Waals surface area contributed by atoms with Crippen LogP contribution in [0.25, 0.3) is 0 Å². The maximum Gasteiger partial charge on any atom is 0.102 e. The Bertz CT molecular complexity index is 279. The summed E-state index contributed by atoms with van der Waals surface area (Å²) in [7, 11) is 2.63. The van der Waals surface area contributed by atoms with Gasteiger partial charge >= 0.3 is 0 Å². The van der Waals surface area contributed by atoms with E-state index in [1.807, 2.05) is 0 Å². The van der Waals surface area contributed by atoms with Gasteiger partial charge in [0, 0.05) is 0 Å². The first-order valence-electron chi connectivity index (χ1n) is 7.62. The van der Waals surface area contributed by atoms with Crippen LogP contribution < -0.4 is 0 Å². The van der Waals surface area contributed by atoms with Crippen LogP contribution in [0.5, 0.6) is 0 Å². The van der Waals surface area contributed by atoms with Crippen molar-refractivity contribution < 1.29 is 0 Å². The van der Waals surface area contributed by atoms with E-state index >= 15 is 0 Å². The third kappa shape index (κ3) is 3.17. The monoisotopic (exact) mass is 247 g/mol. The van der Waals surface area contributed by atoms with Gasteiger partial charge in [-0.1, -0.05) is 81.3 Å². The second-order valence-electron chi connectivity index (χ2n) is 9.51. The predicted molar refractivity (Wildman–Crippen MR) is 86.7 cm³/mol. The Morgan fingerprint density at radius 1 is 0.889 bits per heavy atom. The third-order valence-electron chi connectivity index (χ3n) is 6.37. The lowest BCUT2D eigenvalue weighted by Gasteiger charge is -2.39. The zero-order valence-electron chi connectivity index (χ0n) is 14.3. The zero-order valence-corrected chi connectivity index (χ0v) is 14.3. The average Bonchev–Trinajstić information content (AvgIpc) is 2.30. The predicted octanol–water partition coefficient (Wildman–Crippen LogP) is 5.24. The van der Waals surface area contributed by atoms with Crippen molar-refractivity contribution in [1.82, 2.24) is 0 Å². The molecule has 0 saturated carbocycles. The van der Waals surface area contributed by atoms with Crippen LogP contribution in [0.15, 0.2) is 0 Å². The summed E-state index contributed by atoms with van der Waals surface area (Å²) in [6.07, 6.45) is 3.97. The largest absolute Gasteiger partial charge is 0.102 e. The zero-order chi connectivity index (χ0) is 14.4. The summed E-state index contributed by atoms with van der Waals surface area (Å²) in [6.45, 7) is 22.5. The van der Waals surface area contributed by atoms with Gasteiger partial charge in [0.2, 0.25) is 0 Å². The summed E-state index contributed by atoms with van der Waals surface area (Å²) >= 11 is 0. The molecule has 1 radical (unpaired) electrons. The fraction of sp³-hybridized carbons (Fsp3) is 1.00. The van der Waals surface area contributed by atoms with Gasteiger partial charge in [0.15, 0.2) is 0 Å². The number of hydrogen-bond donors (Lipinski definition) is 0. The Labute approximate surface area is 117 Å². The number of hydrogen-bond acceptors (Lipinski definition) is 0. The van der Waals surface area contributed by atoms with Gasteiger partial charge in [0.1, 0.15) is 6.60 Å². The number of rotatable bonds is 3. The molecule has 2 heteroatoms. The molecule has 0 aromatic carbocycles. The normalized spacial score (nSPS) is 23.3. The van der Waals surface area contributed by atoms with Crippen molar-refractivity contribution in [2.24, 2.45) is 21.7 Å². The molecule has 1 rings (SSSR count). The van der Waals surface area contributed by atoms with Crippen LogP contribution in [-0.4, -0.2) is 13.8 Å². The second kappa shape index (κ2) is 4.60. The minimum absolute atomic E-state index is 0.382. The van der Waals surface area contributed by atoms with Crippen LogP contribution in [0.1, 0.15) is 62.3 Å². The van der Waals surface area contributed by atoms with Gasteiger partial charge in [0.25, 0.3) is 0 Å². The van der Waals surface area contributed by atoms with Gasteiger partial charge in [-0.15, -0.1) is 0 Å². The van der Waals surface area contributed by atoms with E-state index in [4.69, 9.17) is 0 Å². The minimum Gasteiger partial charge on any atom is -0.0824 e. The molecule has 0 spiro atoms. The Balaban J connectivity index is 2.58. The molecule has 0 unspecified atom stereocenters. The fourth-order valence-electron chi connectivity index (χ4n) is 2.87. The molecule has 0 aromatic heterocycles. The van der Waals surface area contributed by atoms with Crippen LogP contribution >= 0.6 is 0 Å². The molecule has 0 aromatic rings. The van der Waals surface area contributed by atoms with Crippen molar-refractivity contribution in [3.63, 3.8) is 0 Å². The average molecular weight is 247 g/mol. The molecule has 0 N–H and O–H groups in total. The van der Waals surface area contributed by atoms with E-state index in [2.05, 4.69) is 69.5 Å². The lowest BCUT2D eigenvalue weighted by atomic mass is 9.17. The Morgan fingerprint density at radius 3 is 1.61 bits per heavy atom. The highest BCUT2D eigenvalue weighted by Gasteiger charge is 2.47. The van der Waals surface area contributed by atoms with Crippen molar-refractivity contribution in [2.75, 3.05) is 0 Å². The van der Waals surface area contributed by atoms with Crippen molar-refractivity contribution in [2.45, 2.75) is 81.3 Å². The lowest BCUT2D eigenvalue weighted by Crippen LogP contribution is -2.34. The first kappa shape index (κ1) is 16.2. The molecule has 1 fully saturated rings. The molecule has 0 atom stereocenters. The Hall–Kier alpha value is 0.130. The molecule has 1 heterocycles. The fourth-order valence-corrected chi connectivity index (χ4v) is 2.87. The first-order valence-corrected chi connectivity index (χ1v) is 7.62. The van der Waals surface area contributed by atoms with Crippen LogP contribution in [-0.2, 0) is 0 Å². The molecule has 0 aliphatic carbocycles. The van der Waals surface area contributed by atoms with Gasteiger partial charge in [0.05, 0.1) is 7.17 Å². The molecule has 1 saturated heterocycles. The third-order valence-corrected chi connectivity index (χ3v) is 6.37. The SMILES string of the molecule is CC(C)(C)C(C)(C)C[B]B1CC(C)(C)C(C)(C)C1. The van der Waals surface area contributed by atoms with E-state index < -0.39 is 0 Å². The van der Waals surface area contributed by atoms with Crippen LogP contribution in [0.2, 0.25) is 19.0 Å². The Morgan fingerprint density at radius 2 is 1.28 bits per heavy atom. The van der Waals surface area contributed by atoms with Gasteiger partial charge < -0.3 is 0 Å². The van der Waals surface area contributed by atoms with Gasteiger partial charge in [-0.25, -0.2) is 0 Å². The highest BCUT2D eigenvalue weighted by molar-refractivity contribution is 7.13. The topological polar surface area (TPSA) is 0 Å². The summed E-state index contributed by atoms with van der Waals surface area (Å²) in [5.41, 5.74) is 1.75. The van der Waals surface area contributed by atoms with E-state index in [1.165, 1.54) is 19.0 Å². The molecular weight excluding hydrogens is 214 g/mol. The van der Waals surface area contributed by atoms with E-state index in [0.717, 1.165) is 6.60 Å². The first-order chi connectivity index (χ1) is 7.79. The molecule has 0 bridgehead atoms. The van der Waals surface area contributed by atoms with E-state index in [-0.39, 0.29) is 0 Å². The summed E-state index contributed by atoms with van der Waals surface area (Å²) in [4.78, 5) is 0. The highest BCUT2D eigenvalue weighted by atomic mass is 14.4. The Kier molecular flexibility index (Phi) is 4.14. The maximum absolute atomic E-state index is 2.63. The van der Waals surface area contributed by atoms with Crippen molar-refractivity contribution in [1.29, 1.82) is 0 Å². The van der Waals surface area contributed by atoms with Crippen molar-refractivity contribution >= 4 is 13.8 Å². The summed E-state index contributed by atoms with van der Waals surface area (Å²) in [6, 6.07) is 0. The summed E-state index contributed by atoms with van der Waals surface area (Å²) in [5, 5.41) is 0. The van der Waals surface area contributed by atoms with Gasteiger partial charge in [-0.3, -0.25) is 0 Å². The molecule has 1 aliphatic rings. The van der Waals surface area contributed by atoms with E-state index in [1.54, 1.807) is 0 Å². The molecular formula is C16H33B2. The minimum atomic E-state index is 0.382. The van der Waals surface area contributed by atoms with E-state index in [0.29, 0.717) is 21.7 Å². The quantitative estimate of drug-likeness (QED) is 0.598. The highest BCUT2D eigenvalue weighted by Crippen LogP contribution is 2.53. The van der Waals surface area contributed by atoms with E-state index in [9.17, 15) is 0 Å². The second-order valence-corrected chi connectivity index (χ2v) is 9.51. The summed E-state index contributed by atoms with van der Waals surface area (Å²) in [5.74, 6) is 0. The molecule has 103 valence electrons. The van der Waals surface area contributed by atoms with Crippen molar-refractivity contribution in [3.05, 3.63) is 0 Å². The van der Waals surface area contributed by atoms with Crippen LogP contribution in [0.4, 0.5) is 0 Å². The lowest BCUT2D eigenvalue weighted by molar-refractivity contribution is 0.157. The standard InChI is InChI=1S/C16H33B2/c1-13(2,3)14(4,5)10-17-18-11-15(6,7)16(8,9)12-18/h10-12H2,1-9H3.